The summed E-state index contributed by atoms with van der Waals surface area (Å²) in [4.78, 5) is 22.1. The van der Waals surface area contributed by atoms with Crippen LogP contribution in [0.5, 0.6) is 0 Å². The third-order valence-corrected chi connectivity index (χ3v) is 3.98. The molecule has 0 bridgehead atoms. The Balaban J connectivity index is 0.00000264. The molecule has 1 aromatic heterocycles. The Morgan fingerprint density at radius 2 is 2.22 bits per heavy atom. The lowest BCUT2D eigenvalue weighted by Gasteiger charge is -2.19. The van der Waals surface area contributed by atoms with Crippen molar-refractivity contribution in [3.63, 3.8) is 0 Å². The van der Waals surface area contributed by atoms with Crippen LogP contribution >= 0.6 is 12.4 Å². The number of hydrogen-bond acceptors (Lipinski definition) is 6. The summed E-state index contributed by atoms with van der Waals surface area (Å²) in [6, 6.07) is 2.01. The number of nitrogens with zero attached hydrogens (tertiary/aromatic N) is 3. The maximum absolute atomic E-state index is 12.0. The number of carbonyl (C=O) groups is 1. The molecule has 1 aromatic rings. The lowest BCUT2D eigenvalue weighted by molar-refractivity contribution is -0.130. The maximum Gasteiger partial charge on any atom is 0.224 e. The van der Waals surface area contributed by atoms with Gasteiger partial charge >= 0.3 is 0 Å². The van der Waals surface area contributed by atoms with E-state index < -0.39 is 0 Å². The summed E-state index contributed by atoms with van der Waals surface area (Å²) in [6.45, 7) is 5.27. The molecule has 2 heterocycles. The lowest BCUT2D eigenvalue weighted by atomic mass is 9.98. The van der Waals surface area contributed by atoms with Crippen molar-refractivity contribution in [2.24, 2.45) is 5.92 Å². The van der Waals surface area contributed by atoms with Gasteiger partial charge in [-0.05, 0) is 19.3 Å². The van der Waals surface area contributed by atoms with E-state index in [9.17, 15) is 4.79 Å². The normalized spacial score (nSPS) is 20.2. The minimum absolute atomic E-state index is 0. The van der Waals surface area contributed by atoms with E-state index in [1.165, 1.54) is 0 Å². The van der Waals surface area contributed by atoms with Gasteiger partial charge in [-0.2, -0.15) is 4.98 Å². The van der Waals surface area contributed by atoms with Crippen molar-refractivity contribution in [2.75, 3.05) is 30.7 Å². The van der Waals surface area contributed by atoms with Crippen molar-refractivity contribution in [3.8, 4) is 0 Å². The standard InChI is InChI=1S/C15H25N5O2.ClH/c1-3-4-11-8-20(14(22)5-6-21)9-12(11)18-13-7-10(2)17-15(16)19-13;/h7,11-12,21H,3-6,8-9H2,1-2H3,(H3,16,17,18,19);1H/t11-,12-;/m0./s1. The van der Waals surface area contributed by atoms with Crippen molar-refractivity contribution in [1.82, 2.24) is 14.9 Å². The van der Waals surface area contributed by atoms with Gasteiger partial charge in [0.1, 0.15) is 5.82 Å². The molecule has 0 spiro atoms. The first-order valence-electron chi connectivity index (χ1n) is 7.79. The number of nitrogens with two attached hydrogens (primary N) is 1. The number of amides is 1. The topological polar surface area (TPSA) is 104 Å². The number of anilines is 2. The van der Waals surface area contributed by atoms with E-state index in [-0.39, 0.29) is 43.3 Å². The second-order valence-corrected chi connectivity index (χ2v) is 5.82. The average Bonchev–Trinajstić information content (AvgIpc) is 2.81. The number of hydrogen-bond donors (Lipinski definition) is 3. The quantitative estimate of drug-likeness (QED) is 0.717. The molecule has 1 saturated heterocycles. The van der Waals surface area contributed by atoms with Gasteiger partial charge in [0.2, 0.25) is 11.9 Å². The summed E-state index contributed by atoms with van der Waals surface area (Å²) in [5.41, 5.74) is 6.50. The Bertz CT molecular complexity index is 508. The van der Waals surface area contributed by atoms with E-state index in [0.29, 0.717) is 18.3 Å². The van der Waals surface area contributed by atoms with Crippen LogP contribution in [0.1, 0.15) is 31.9 Å². The van der Waals surface area contributed by atoms with Crippen molar-refractivity contribution in [2.45, 2.75) is 39.2 Å². The second-order valence-electron chi connectivity index (χ2n) is 5.82. The van der Waals surface area contributed by atoms with Gasteiger partial charge in [0.05, 0.1) is 6.61 Å². The first-order chi connectivity index (χ1) is 10.5. The Labute approximate surface area is 143 Å². The van der Waals surface area contributed by atoms with Gasteiger partial charge in [0, 0.05) is 37.3 Å². The number of carbonyl (C=O) groups excluding carboxylic acids is 1. The highest BCUT2D eigenvalue weighted by atomic mass is 35.5. The lowest BCUT2D eigenvalue weighted by Crippen LogP contribution is -2.32. The second kappa shape index (κ2) is 8.88. The van der Waals surface area contributed by atoms with Gasteiger partial charge in [-0.1, -0.05) is 13.3 Å². The predicted molar refractivity (Wildman–Crippen MR) is 92.5 cm³/mol. The van der Waals surface area contributed by atoms with Crippen LogP contribution < -0.4 is 11.1 Å². The van der Waals surface area contributed by atoms with Gasteiger partial charge in [-0.3, -0.25) is 4.79 Å². The van der Waals surface area contributed by atoms with Gasteiger partial charge in [-0.25, -0.2) is 4.98 Å². The number of aromatic nitrogens is 2. The number of aliphatic hydroxyl groups excluding tert-OH is 1. The van der Waals surface area contributed by atoms with Crippen LogP contribution in [0.3, 0.4) is 0 Å². The fourth-order valence-corrected chi connectivity index (χ4v) is 3.01. The van der Waals surface area contributed by atoms with Crippen LogP contribution in [0.15, 0.2) is 6.07 Å². The number of aliphatic hydroxyl groups is 1. The predicted octanol–water partition coefficient (Wildman–Crippen LogP) is 1.21. The average molecular weight is 344 g/mol. The van der Waals surface area contributed by atoms with Crippen LogP contribution in [0.25, 0.3) is 0 Å². The molecule has 0 saturated carbocycles. The molecule has 8 heteroatoms. The molecular weight excluding hydrogens is 318 g/mol. The van der Waals surface area contributed by atoms with Crippen molar-refractivity contribution in [3.05, 3.63) is 11.8 Å². The molecule has 1 fully saturated rings. The number of nitrogens with one attached hydrogen (secondary N) is 1. The van der Waals surface area contributed by atoms with Crippen molar-refractivity contribution in [1.29, 1.82) is 0 Å². The molecular formula is C15H26ClN5O2. The molecule has 0 aliphatic carbocycles. The van der Waals surface area contributed by atoms with Gasteiger partial charge in [-0.15, -0.1) is 12.4 Å². The molecule has 130 valence electrons. The number of aryl methyl sites for hydroxylation is 1. The number of likely N-dealkylation sites (tertiary alicyclic amines) is 1. The Morgan fingerprint density at radius 3 is 2.83 bits per heavy atom. The summed E-state index contributed by atoms with van der Waals surface area (Å²) in [6.07, 6.45) is 2.29. The Morgan fingerprint density at radius 1 is 1.48 bits per heavy atom. The minimum Gasteiger partial charge on any atom is -0.396 e. The van der Waals surface area contributed by atoms with Crippen molar-refractivity contribution >= 4 is 30.1 Å². The van der Waals surface area contributed by atoms with E-state index in [1.807, 2.05) is 17.9 Å². The highest BCUT2D eigenvalue weighted by molar-refractivity contribution is 5.85. The van der Waals surface area contributed by atoms with Crippen LogP contribution in [-0.4, -0.2) is 51.6 Å². The first-order valence-corrected chi connectivity index (χ1v) is 7.79. The largest absolute Gasteiger partial charge is 0.396 e. The monoisotopic (exact) mass is 343 g/mol. The Hall–Kier alpha value is -1.60. The SMILES string of the molecule is CCC[C@H]1CN(C(=O)CCO)C[C@@H]1Nc1cc(C)nc(N)n1.Cl. The molecule has 23 heavy (non-hydrogen) atoms. The molecule has 0 radical (unpaired) electrons. The van der Waals surface area contributed by atoms with Crippen LogP contribution in [0, 0.1) is 12.8 Å². The molecule has 1 amide bonds. The molecule has 2 atom stereocenters. The zero-order valence-corrected chi connectivity index (χ0v) is 14.5. The van der Waals surface area contributed by atoms with E-state index in [2.05, 4.69) is 22.2 Å². The van der Waals surface area contributed by atoms with E-state index >= 15 is 0 Å². The summed E-state index contributed by atoms with van der Waals surface area (Å²) in [7, 11) is 0. The highest BCUT2D eigenvalue weighted by Gasteiger charge is 2.34. The van der Waals surface area contributed by atoms with Crippen LogP contribution in [-0.2, 0) is 4.79 Å². The fourth-order valence-electron chi connectivity index (χ4n) is 3.01. The number of halogens is 1. The summed E-state index contributed by atoms with van der Waals surface area (Å²) >= 11 is 0. The van der Waals surface area contributed by atoms with Crippen molar-refractivity contribution < 1.29 is 9.90 Å². The van der Waals surface area contributed by atoms with Crippen LogP contribution in [0.4, 0.5) is 11.8 Å². The minimum atomic E-state index is -0.104. The third-order valence-electron chi connectivity index (χ3n) is 3.98. The zero-order valence-electron chi connectivity index (χ0n) is 13.7. The van der Waals surface area contributed by atoms with Crippen LogP contribution in [0.2, 0.25) is 0 Å². The van der Waals surface area contributed by atoms with Gasteiger partial charge < -0.3 is 21.1 Å². The molecule has 1 aliphatic heterocycles. The summed E-state index contributed by atoms with van der Waals surface area (Å²) in [5, 5.41) is 12.3. The smallest absolute Gasteiger partial charge is 0.224 e. The molecule has 7 nitrogen and oxygen atoms in total. The summed E-state index contributed by atoms with van der Waals surface area (Å²) in [5.74, 6) is 1.34. The fraction of sp³-hybridized carbons (Fsp3) is 0.667. The molecule has 0 aromatic carbocycles. The first kappa shape index (κ1) is 19.4. The maximum atomic E-state index is 12.0. The van der Waals surface area contributed by atoms with E-state index in [4.69, 9.17) is 10.8 Å². The van der Waals surface area contributed by atoms with E-state index in [0.717, 1.165) is 25.1 Å². The van der Waals surface area contributed by atoms with Gasteiger partial charge in [0.25, 0.3) is 0 Å². The van der Waals surface area contributed by atoms with Gasteiger partial charge in [0.15, 0.2) is 0 Å². The zero-order chi connectivity index (χ0) is 16.1. The molecule has 4 N–H and O–H groups in total. The molecule has 0 unspecified atom stereocenters. The third kappa shape index (κ3) is 5.21. The summed E-state index contributed by atoms with van der Waals surface area (Å²) < 4.78 is 0. The number of rotatable bonds is 6. The highest BCUT2D eigenvalue weighted by Crippen LogP contribution is 2.25. The van der Waals surface area contributed by atoms with E-state index in [1.54, 1.807) is 0 Å². The molecule has 1 aliphatic rings. The number of nitrogen functional groups attached to an aromatic ring is 1. The Kier molecular flexibility index (Phi) is 7.51. The molecule has 2 rings (SSSR count).